The molecular formula is C17H14N4O3. The van der Waals surface area contributed by atoms with Gasteiger partial charge in [0.1, 0.15) is 11.3 Å². The highest BCUT2D eigenvalue weighted by Crippen LogP contribution is 2.17. The van der Waals surface area contributed by atoms with Gasteiger partial charge >= 0.3 is 6.01 Å². The van der Waals surface area contributed by atoms with Crippen LogP contribution in [0.25, 0.3) is 0 Å². The summed E-state index contributed by atoms with van der Waals surface area (Å²) in [6.07, 6.45) is 4.41. The van der Waals surface area contributed by atoms with Gasteiger partial charge in [-0.05, 0) is 24.3 Å². The SMILES string of the molecule is Cn1cccc(C(=O)Nc2cnc(Oc3ccccc3)nc2)c1=O. The van der Waals surface area contributed by atoms with Crippen molar-refractivity contribution in [1.82, 2.24) is 14.5 Å². The highest BCUT2D eigenvalue weighted by molar-refractivity contribution is 6.03. The van der Waals surface area contributed by atoms with Gasteiger partial charge in [0.25, 0.3) is 11.5 Å². The van der Waals surface area contributed by atoms with Gasteiger partial charge < -0.3 is 14.6 Å². The summed E-state index contributed by atoms with van der Waals surface area (Å²) in [5.41, 5.74) is 0.0379. The first-order valence-electron chi connectivity index (χ1n) is 7.15. The minimum Gasteiger partial charge on any atom is -0.424 e. The Hall–Kier alpha value is -3.48. The lowest BCUT2D eigenvalue weighted by atomic mass is 10.2. The first-order valence-corrected chi connectivity index (χ1v) is 7.15. The maximum Gasteiger partial charge on any atom is 0.322 e. The number of nitrogens with one attached hydrogen (secondary N) is 1. The van der Waals surface area contributed by atoms with Crippen LogP contribution in [0.1, 0.15) is 10.4 Å². The van der Waals surface area contributed by atoms with Gasteiger partial charge in [-0.15, -0.1) is 0 Å². The van der Waals surface area contributed by atoms with Gasteiger partial charge in [-0.1, -0.05) is 18.2 Å². The maximum atomic E-state index is 12.2. The second kappa shape index (κ2) is 6.74. The van der Waals surface area contributed by atoms with Gasteiger partial charge in [-0.3, -0.25) is 9.59 Å². The van der Waals surface area contributed by atoms with Gasteiger partial charge in [-0.25, -0.2) is 9.97 Å². The minimum atomic E-state index is -0.517. The number of para-hydroxylation sites is 1. The quantitative estimate of drug-likeness (QED) is 0.796. The minimum absolute atomic E-state index is 0.0459. The summed E-state index contributed by atoms with van der Waals surface area (Å²) in [5, 5.41) is 2.58. The van der Waals surface area contributed by atoms with Gasteiger partial charge in [-0.2, -0.15) is 0 Å². The van der Waals surface area contributed by atoms with Crippen molar-refractivity contribution in [2.75, 3.05) is 5.32 Å². The molecule has 0 unspecified atom stereocenters. The van der Waals surface area contributed by atoms with Gasteiger partial charge in [0, 0.05) is 13.2 Å². The van der Waals surface area contributed by atoms with E-state index in [1.54, 1.807) is 31.4 Å². The fraction of sp³-hybridized carbons (Fsp3) is 0.0588. The predicted octanol–water partition coefficient (Wildman–Crippen LogP) is 2.22. The largest absolute Gasteiger partial charge is 0.424 e. The zero-order chi connectivity index (χ0) is 16.9. The van der Waals surface area contributed by atoms with Crippen LogP contribution in [0.4, 0.5) is 5.69 Å². The van der Waals surface area contributed by atoms with Crippen LogP contribution in [0.3, 0.4) is 0 Å². The number of carbonyl (C=O) groups excluding carboxylic acids is 1. The molecule has 0 spiro atoms. The third-order valence-corrected chi connectivity index (χ3v) is 3.21. The van der Waals surface area contributed by atoms with E-state index >= 15 is 0 Å². The van der Waals surface area contributed by atoms with Crippen molar-refractivity contribution in [3.8, 4) is 11.8 Å². The number of amides is 1. The van der Waals surface area contributed by atoms with Crippen molar-refractivity contribution in [1.29, 1.82) is 0 Å². The summed E-state index contributed by atoms with van der Waals surface area (Å²) >= 11 is 0. The summed E-state index contributed by atoms with van der Waals surface area (Å²) in [6, 6.07) is 12.4. The fourth-order valence-corrected chi connectivity index (χ4v) is 2.00. The molecule has 7 heteroatoms. The van der Waals surface area contributed by atoms with E-state index in [0.29, 0.717) is 11.4 Å². The summed E-state index contributed by atoms with van der Waals surface area (Å²) in [6.45, 7) is 0. The van der Waals surface area contributed by atoms with Crippen LogP contribution in [-0.4, -0.2) is 20.4 Å². The Morgan fingerprint density at radius 3 is 2.50 bits per heavy atom. The zero-order valence-electron chi connectivity index (χ0n) is 12.8. The van der Waals surface area contributed by atoms with Crippen LogP contribution in [0.5, 0.6) is 11.8 Å². The molecule has 0 aliphatic heterocycles. The third kappa shape index (κ3) is 3.46. The van der Waals surface area contributed by atoms with Crippen molar-refractivity contribution in [2.45, 2.75) is 0 Å². The lowest BCUT2D eigenvalue weighted by Gasteiger charge is -2.06. The van der Waals surface area contributed by atoms with E-state index in [1.807, 2.05) is 18.2 Å². The van der Waals surface area contributed by atoms with Crippen molar-refractivity contribution < 1.29 is 9.53 Å². The number of benzene rings is 1. The highest BCUT2D eigenvalue weighted by atomic mass is 16.5. The zero-order valence-corrected chi connectivity index (χ0v) is 12.8. The molecule has 1 N–H and O–H groups in total. The van der Waals surface area contributed by atoms with Crippen molar-refractivity contribution in [3.63, 3.8) is 0 Å². The summed E-state index contributed by atoms with van der Waals surface area (Å²) in [7, 11) is 1.58. The van der Waals surface area contributed by atoms with E-state index < -0.39 is 5.91 Å². The second-order valence-corrected chi connectivity index (χ2v) is 4.96. The molecule has 2 aromatic heterocycles. The summed E-state index contributed by atoms with van der Waals surface area (Å²) < 4.78 is 6.81. The number of aryl methyl sites for hydroxylation is 1. The van der Waals surface area contributed by atoms with E-state index in [2.05, 4.69) is 15.3 Å². The number of nitrogens with zero attached hydrogens (tertiary/aromatic N) is 3. The van der Waals surface area contributed by atoms with E-state index in [4.69, 9.17) is 4.74 Å². The smallest absolute Gasteiger partial charge is 0.322 e. The Balaban J connectivity index is 1.71. The fourth-order valence-electron chi connectivity index (χ4n) is 2.00. The van der Waals surface area contributed by atoms with Crippen LogP contribution < -0.4 is 15.6 Å². The molecule has 0 bridgehead atoms. The van der Waals surface area contributed by atoms with Crippen LogP contribution in [0, 0.1) is 0 Å². The molecule has 0 radical (unpaired) electrons. The first kappa shape index (κ1) is 15.4. The van der Waals surface area contributed by atoms with Gasteiger partial charge in [0.05, 0.1) is 18.1 Å². The molecule has 3 rings (SSSR count). The van der Waals surface area contributed by atoms with Crippen molar-refractivity contribution in [3.05, 3.63) is 77.0 Å². The molecule has 0 aliphatic carbocycles. The van der Waals surface area contributed by atoms with Crippen molar-refractivity contribution >= 4 is 11.6 Å². The standard InChI is InChI=1S/C17H14N4O3/c1-21-9-5-8-14(16(21)23)15(22)20-12-10-18-17(19-11-12)24-13-6-3-2-4-7-13/h2-11H,1H3,(H,20,22). The van der Waals surface area contributed by atoms with Gasteiger partial charge in [0.15, 0.2) is 0 Å². The average Bonchev–Trinajstić information content (AvgIpc) is 2.60. The number of carbonyl (C=O) groups is 1. The van der Waals surface area contributed by atoms with E-state index in [1.165, 1.54) is 23.0 Å². The number of pyridine rings is 1. The number of anilines is 1. The number of ether oxygens (including phenoxy) is 1. The normalized spacial score (nSPS) is 10.2. The second-order valence-electron chi connectivity index (χ2n) is 4.96. The molecule has 3 aromatic rings. The lowest BCUT2D eigenvalue weighted by molar-refractivity contribution is 0.102. The Morgan fingerprint density at radius 1 is 1.08 bits per heavy atom. The molecule has 0 atom stereocenters. The van der Waals surface area contributed by atoms with E-state index in [0.717, 1.165) is 0 Å². The summed E-state index contributed by atoms with van der Waals surface area (Å²) in [4.78, 5) is 32.1. The molecule has 120 valence electrons. The first-order chi connectivity index (χ1) is 11.6. The Morgan fingerprint density at radius 2 is 1.79 bits per heavy atom. The third-order valence-electron chi connectivity index (χ3n) is 3.21. The van der Waals surface area contributed by atoms with Crippen LogP contribution in [0.15, 0.2) is 65.8 Å². The molecule has 1 amide bonds. The molecule has 0 saturated heterocycles. The molecule has 1 aromatic carbocycles. The Bertz CT molecular complexity index is 905. The van der Waals surface area contributed by atoms with Crippen LogP contribution in [-0.2, 0) is 7.05 Å². The van der Waals surface area contributed by atoms with Crippen molar-refractivity contribution in [2.24, 2.45) is 7.05 Å². The highest BCUT2D eigenvalue weighted by Gasteiger charge is 2.12. The summed E-state index contributed by atoms with van der Waals surface area (Å²) in [5.74, 6) is 0.0959. The molecule has 7 nitrogen and oxygen atoms in total. The average molecular weight is 322 g/mol. The van der Waals surface area contributed by atoms with E-state index in [-0.39, 0.29) is 17.1 Å². The topological polar surface area (TPSA) is 86.1 Å². The lowest BCUT2D eigenvalue weighted by Crippen LogP contribution is -2.27. The molecule has 0 aliphatic rings. The molecule has 2 heterocycles. The Kier molecular flexibility index (Phi) is 4.33. The predicted molar refractivity (Wildman–Crippen MR) is 88.2 cm³/mol. The molecule has 0 saturated carbocycles. The number of aromatic nitrogens is 3. The maximum absolute atomic E-state index is 12.2. The van der Waals surface area contributed by atoms with Crippen LogP contribution >= 0.6 is 0 Å². The number of hydrogen-bond donors (Lipinski definition) is 1. The van der Waals surface area contributed by atoms with Gasteiger partial charge in [0.2, 0.25) is 0 Å². The number of rotatable bonds is 4. The molecule has 0 fully saturated rings. The monoisotopic (exact) mass is 322 g/mol. The Labute approximate surface area is 137 Å². The number of hydrogen-bond acceptors (Lipinski definition) is 5. The molecular weight excluding hydrogens is 308 g/mol. The van der Waals surface area contributed by atoms with E-state index in [9.17, 15) is 9.59 Å². The molecule has 24 heavy (non-hydrogen) atoms. The van der Waals surface area contributed by atoms with Crippen LogP contribution in [0.2, 0.25) is 0 Å².